The summed E-state index contributed by atoms with van der Waals surface area (Å²) in [5, 5.41) is 8.82. The van der Waals surface area contributed by atoms with Gasteiger partial charge in [0.25, 0.3) is 0 Å². The zero-order chi connectivity index (χ0) is 28.1. The summed E-state index contributed by atoms with van der Waals surface area (Å²) in [7, 11) is -4.72. The van der Waals surface area contributed by atoms with Crippen LogP contribution in [0, 0.1) is 5.41 Å². The highest BCUT2D eigenvalue weighted by Gasteiger charge is 2.47. The quantitative estimate of drug-likeness (QED) is 0.320. The fraction of sp³-hybridized carbons (Fsp3) is 0.556. The van der Waals surface area contributed by atoms with Crippen LogP contribution in [-0.4, -0.2) is 45.5 Å². The van der Waals surface area contributed by atoms with E-state index in [0.29, 0.717) is 28.5 Å². The summed E-state index contributed by atoms with van der Waals surface area (Å²) in [5.74, 6) is 0.414. The number of rotatable bonds is 5. The Balaban J connectivity index is 1.21. The van der Waals surface area contributed by atoms with Crippen LogP contribution in [0.5, 0.6) is 0 Å². The number of nitrogens with two attached hydrogens (primary N) is 1. The number of hydrazine groups is 3. The van der Waals surface area contributed by atoms with E-state index in [1.165, 1.54) is 37.3 Å². The van der Waals surface area contributed by atoms with Crippen LogP contribution in [0.25, 0.3) is 11.1 Å². The van der Waals surface area contributed by atoms with Gasteiger partial charge in [-0.1, -0.05) is 30.3 Å². The van der Waals surface area contributed by atoms with Gasteiger partial charge in [-0.05, 0) is 98.8 Å². The molecular formula is C27H36F3N7O2S. The van der Waals surface area contributed by atoms with Gasteiger partial charge in [0.15, 0.2) is 0 Å². The minimum Gasteiger partial charge on any atom is -0.317 e. The number of hydrogen-bond acceptors (Lipinski definition) is 8. The van der Waals surface area contributed by atoms with Gasteiger partial charge < -0.3 is 10.2 Å². The fourth-order valence-electron chi connectivity index (χ4n) is 7.16. The molecule has 0 bridgehead atoms. The van der Waals surface area contributed by atoms with Crippen molar-refractivity contribution in [3.8, 4) is 11.1 Å². The summed E-state index contributed by atoms with van der Waals surface area (Å²) in [5.41, 5.74) is 11.8. The van der Waals surface area contributed by atoms with E-state index in [1.54, 1.807) is 0 Å². The molecule has 40 heavy (non-hydrogen) atoms. The molecule has 1 aliphatic carbocycles. The van der Waals surface area contributed by atoms with Crippen molar-refractivity contribution in [3.05, 3.63) is 53.1 Å². The predicted molar refractivity (Wildman–Crippen MR) is 145 cm³/mol. The molecule has 0 amide bonds. The van der Waals surface area contributed by atoms with Gasteiger partial charge in [0, 0.05) is 11.6 Å². The topological polar surface area (TPSA) is 124 Å². The zero-order valence-corrected chi connectivity index (χ0v) is 23.0. The number of likely N-dealkylation sites (tertiary alicyclic amines) is 1. The van der Waals surface area contributed by atoms with Crippen LogP contribution < -0.4 is 32.4 Å². The number of alkyl halides is 3. The van der Waals surface area contributed by atoms with Gasteiger partial charge in [0.05, 0.1) is 5.56 Å². The number of hydrogen-bond donors (Lipinski definition) is 6. The summed E-state index contributed by atoms with van der Waals surface area (Å²) in [6.45, 7) is 4.43. The Morgan fingerprint density at radius 2 is 1.55 bits per heavy atom. The molecule has 0 aromatic heterocycles. The Bertz CT molecular complexity index is 1330. The van der Waals surface area contributed by atoms with Gasteiger partial charge in [-0.25, -0.2) is 24.4 Å². The molecule has 2 aromatic rings. The van der Waals surface area contributed by atoms with Gasteiger partial charge >= 0.3 is 6.18 Å². The van der Waals surface area contributed by atoms with E-state index in [-0.39, 0.29) is 5.56 Å². The van der Waals surface area contributed by atoms with Crippen LogP contribution in [0.4, 0.5) is 13.2 Å². The highest BCUT2D eigenvalue weighted by atomic mass is 32.2. The van der Waals surface area contributed by atoms with Crippen molar-refractivity contribution >= 4 is 10.0 Å². The fourth-order valence-corrected chi connectivity index (χ4v) is 8.19. The molecule has 1 saturated carbocycles. The number of nitrogens with zero attached hydrogens (tertiary/aromatic N) is 1. The van der Waals surface area contributed by atoms with Crippen molar-refractivity contribution in [1.29, 1.82) is 0 Å². The summed E-state index contributed by atoms with van der Waals surface area (Å²) in [6, 6.07) is 10.5. The number of nitrogens with one attached hydrogen (secondary N) is 5. The lowest BCUT2D eigenvalue weighted by atomic mass is 9.60. The lowest BCUT2D eigenvalue weighted by molar-refractivity contribution is -0.140. The Kier molecular flexibility index (Phi) is 7.45. The van der Waals surface area contributed by atoms with E-state index >= 15 is 0 Å². The normalized spacial score (nSPS) is 23.5. The lowest BCUT2D eigenvalue weighted by Gasteiger charge is -2.55. The van der Waals surface area contributed by atoms with E-state index in [4.69, 9.17) is 5.14 Å². The lowest BCUT2D eigenvalue weighted by Crippen LogP contribution is -2.55. The molecule has 7 N–H and O–H groups in total. The summed E-state index contributed by atoms with van der Waals surface area (Å²) >= 11 is 0. The van der Waals surface area contributed by atoms with Crippen molar-refractivity contribution in [2.45, 2.75) is 67.7 Å². The summed E-state index contributed by atoms with van der Waals surface area (Å²) < 4.78 is 66.5. The first-order valence-corrected chi connectivity index (χ1v) is 15.4. The van der Waals surface area contributed by atoms with Gasteiger partial charge in [-0.15, -0.1) is 0 Å². The van der Waals surface area contributed by atoms with Crippen molar-refractivity contribution < 1.29 is 21.6 Å². The van der Waals surface area contributed by atoms with Crippen LogP contribution >= 0.6 is 0 Å². The van der Waals surface area contributed by atoms with Crippen LogP contribution in [0.2, 0.25) is 0 Å². The molecule has 218 valence electrons. The summed E-state index contributed by atoms with van der Waals surface area (Å²) in [4.78, 5) is 1.71. The number of primary sulfonamides is 1. The SMILES string of the molecule is NS(=O)(=O)c1c(C(F)(F)F)ccc(-c2ccc(C3CCN(C4CC5(CCNCC5)C4)CC3)cc2)c1C1NNNN1. The molecule has 3 saturated heterocycles. The maximum atomic E-state index is 13.8. The van der Waals surface area contributed by atoms with Crippen LogP contribution in [0.1, 0.15) is 67.3 Å². The molecule has 3 heterocycles. The smallest absolute Gasteiger partial charge is 0.317 e. The van der Waals surface area contributed by atoms with Gasteiger partial charge in [-0.2, -0.15) is 24.2 Å². The van der Waals surface area contributed by atoms with Crippen molar-refractivity contribution in [1.82, 2.24) is 32.1 Å². The maximum absolute atomic E-state index is 13.8. The number of sulfonamides is 1. The molecule has 0 radical (unpaired) electrons. The molecule has 3 aliphatic heterocycles. The van der Waals surface area contributed by atoms with E-state index in [2.05, 4.69) is 32.1 Å². The molecular weight excluding hydrogens is 543 g/mol. The van der Waals surface area contributed by atoms with Crippen LogP contribution in [-0.2, 0) is 16.2 Å². The minimum atomic E-state index is -4.90. The third-order valence-electron chi connectivity index (χ3n) is 9.31. The summed E-state index contributed by atoms with van der Waals surface area (Å²) in [6.07, 6.45) is 1.49. The van der Waals surface area contributed by atoms with Crippen LogP contribution in [0.3, 0.4) is 0 Å². The third-order valence-corrected chi connectivity index (χ3v) is 10.3. The average molecular weight is 580 g/mol. The van der Waals surface area contributed by atoms with E-state index < -0.39 is 32.8 Å². The maximum Gasteiger partial charge on any atom is 0.417 e. The van der Waals surface area contributed by atoms with Gasteiger partial charge in [0.2, 0.25) is 10.0 Å². The van der Waals surface area contributed by atoms with Crippen LogP contribution in [0.15, 0.2) is 41.3 Å². The second-order valence-corrected chi connectivity index (χ2v) is 13.2. The second-order valence-electron chi connectivity index (χ2n) is 11.7. The first-order valence-electron chi connectivity index (χ1n) is 13.9. The highest BCUT2D eigenvalue weighted by molar-refractivity contribution is 7.89. The zero-order valence-electron chi connectivity index (χ0n) is 22.2. The van der Waals surface area contributed by atoms with E-state index in [1.807, 2.05) is 24.3 Å². The molecule has 13 heteroatoms. The minimum absolute atomic E-state index is 0.108. The van der Waals surface area contributed by atoms with Gasteiger partial charge in [0.1, 0.15) is 11.1 Å². The Hall–Kier alpha value is -2.10. The standard InChI is InChI=1S/C27H36F3N7O2S/c28-27(29,30)22-6-5-21(23(24(22)40(31,38)39)25-33-35-36-34-25)19-3-1-17(2-4-19)18-7-13-37(14-8-18)20-15-26(16-20)9-11-32-12-10-26/h1-6,18,20,25,32-36H,7-16H2,(H2,31,38,39). The molecule has 4 aliphatic rings. The number of benzene rings is 2. The van der Waals surface area contributed by atoms with Crippen molar-refractivity contribution in [2.75, 3.05) is 26.2 Å². The Morgan fingerprint density at radius 3 is 2.12 bits per heavy atom. The average Bonchev–Trinajstić information content (AvgIpc) is 3.45. The first-order chi connectivity index (χ1) is 19.0. The van der Waals surface area contributed by atoms with Gasteiger partial charge in [-0.3, -0.25) is 0 Å². The largest absolute Gasteiger partial charge is 0.417 e. The molecule has 2 aromatic carbocycles. The predicted octanol–water partition coefficient (Wildman–Crippen LogP) is 2.85. The molecule has 0 unspecified atom stereocenters. The monoisotopic (exact) mass is 579 g/mol. The molecule has 9 nitrogen and oxygen atoms in total. The second kappa shape index (κ2) is 10.6. The molecule has 6 rings (SSSR count). The molecule has 0 atom stereocenters. The molecule has 1 spiro atoms. The Labute approximate surface area is 232 Å². The third kappa shape index (κ3) is 5.41. The number of piperidine rings is 2. The highest BCUT2D eigenvalue weighted by Crippen LogP contribution is 2.50. The van der Waals surface area contributed by atoms with Crippen molar-refractivity contribution in [3.63, 3.8) is 0 Å². The molecule has 4 fully saturated rings. The number of halogens is 3. The first kappa shape index (κ1) is 28.0. The van der Waals surface area contributed by atoms with E-state index in [0.717, 1.165) is 45.1 Å². The van der Waals surface area contributed by atoms with E-state index in [9.17, 15) is 21.6 Å². The van der Waals surface area contributed by atoms with Crippen molar-refractivity contribution in [2.24, 2.45) is 10.6 Å². The Morgan fingerprint density at radius 1 is 0.925 bits per heavy atom.